The summed E-state index contributed by atoms with van der Waals surface area (Å²) in [5.41, 5.74) is 1.55. The number of nitrogens with zero attached hydrogens (tertiary/aromatic N) is 5. The number of carbonyl (C=O) groups is 2. The van der Waals surface area contributed by atoms with Crippen LogP contribution in [0.5, 0.6) is 0 Å². The summed E-state index contributed by atoms with van der Waals surface area (Å²) in [7, 11) is 0. The molecule has 0 atom stereocenters. The summed E-state index contributed by atoms with van der Waals surface area (Å²) in [6.07, 6.45) is 2.83. The van der Waals surface area contributed by atoms with E-state index in [1.165, 1.54) is 17.0 Å². The third-order valence-electron chi connectivity index (χ3n) is 6.87. The topological polar surface area (TPSA) is 69.6 Å². The van der Waals surface area contributed by atoms with Crippen molar-refractivity contribution >= 4 is 29.2 Å². The van der Waals surface area contributed by atoms with Crippen LogP contribution in [0.1, 0.15) is 29.6 Å². The van der Waals surface area contributed by atoms with E-state index in [2.05, 4.69) is 15.1 Å². The van der Waals surface area contributed by atoms with Gasteiger partial charge in [0.2, 0.25) is 5.91 Å². The lowest BCUT2D eigenvalue weighted by Crippen LogP contribution is -2.45. The summed E-state index contributed by atoms with van der Waals surface area (Å²) < 4.78 is 14.3. The lowest BCUT2D eigenvalue weighted by molar-refractivity contribution is -0.131. The molecule has 192 valence electrons. The summed E-state index contributed by atoms with van der Waals surface area (Å²) in [6.45, 7) is 2.88. The van der Waals surface area contributed by atoms with E-state index in [0.29, 0.717) is 42.8 Å². The van der Waals surface area contributed by atoms with Gasteiger partial charge in [0.15, 0.2) is 5.82 Å². The predicted molar refractivity (Wildman–Crippen MR) is 141 cm³/mol. The van der Waals surface area contributed by atoms with Crippen LogP contribution in [-0.2, 0) is 4.79 Å². The van der Waals surface area contributed by atoms with Gasteiger partial charge in [-0.05, 0) is 55.5 Å². The molecule has 1 aliphatic heterocycles. The minimum atomic E-state index is -0.562. The molecule has 0 unspecified atom stereocenters. The summed E-state index contributed by atoms with van der Waals surface area (Å²) >= 11 is 6.28. The molecular formula is C28H29ClFN5O2. The SMILES string of the molecule is O=C(CN(CC1CC1)C(=O)c1ccccc1F)N1CCCN(c2ccc(-c3ccccc3Cl)nn2)CC1. The molecule has 7 nitrogen and oxygen atoms in total. The fraction of sp³-hybridized carbons (Fsp3) is 0.357. The average molecular weight is 522 g/mol. The van der Waals surface area contributed by atoms with Crippen LogP contribution in [0, 0.1) is 11.7 Å². The summed E-state index contributed by atoms with van der Waals surface area (Å²) in [4.78, 5) is 31.7. The molecule has 2 fully saturated rings. The van der Waals surface area contributed by atoms with Crippen LogP contribution in [-0.4, -0.2) is 71.1 Å². The molecule has 1 aliphatic carbocycles. The van der Waals surface area contributed by atoms with E-state index < -0.39 is 11.7 Å². The fourth-order valence-electron chi connectivity index (χ4n) is 4.60. The van der Waals surface area contributed by atoms with Gasteiger partial charge in [0.25, 0.3) is 5.91 Å². The Balaban J connectivity index is 1.22. The van der Waals surface area contributed by atoms with Crippen molar-refractivity contribution in [3.8, 4) is 11.3 Å². The molecule has 2 amide bonds. The Morgan fingerprint density at radius 3 is 2.46 bits per heavy atom. The van der Waals surface area contributed by atoms with E-state index in [-0.39, 0.29) is 18.0 Å². The van der Waals surface area contributed by atoms with Gasteiger partial charge in [0.1, 0.15) is 12.4 Å². The van der Waals surface area contributed by atoms with Crippen LogP contribution in [0.3, 0.4) is 0 Å². The predicted octanol–water partition coefficient (Wildman–Crippen LogP) is 4.53. The smallest absolute Gasteiger partial charge is 0.257 e. The second-order valence-electron chi connectivity index (χ2n) is 9.59. The number of amides is 2. The highest BCUT2D eigenvalue weighted by molar-refractivity contribution is 6.33. The summed E-state index contributed by atoms with van der Waals surface area (Å²) in [5.74, 6) is 0.0227. The first-order chi connectivity index (χ1) is 18.0. The fourth-order valence-corrected chi connectivity index (χ4v) is 4.83. The molecule has 0 radical (unpaired) electrons. The highest BCUT2D eigenvalue weighted by Crippen LogP contribution is 2.30. The zero-order chi connectivity index (χ0) is 25.8. The third-order valence-corrected chi connectivity index (χ3v) is 7.20. The Hall–Kier alpha value is -3.52. The second kappa shape index (κ2) is 11.3. The first-order valence-electron chi connectivity index (χ1n) is 12.6. The Bertz CT molecular complexity index is 1270. The van der Waals surface area contributed by atoms with Crippen molar-refractivity contribution in [2.75, 3.05) is 44.2 Å². The van der Waals surface area contributed by atoms with E-state index >= 15 is 0 Å². The highest BCUT2D eigenvalue weighted by atomic mass is 35.5. The number of aromatic nitrogens is 2. The number of carbonyl (C=O) groups excluding carboxylic acids is 2. The number of anilines is 1. The van der Waals surface area contributed by atoms with Gasteiger partial charge in [0.05, 0.1) is 16.3 Å². The molecule has 2 heterocycles. The van der Waals surface area contributed by atoms with Crippen molar-refractivity contribution in [1.29, 1.82) is 0 Å². The Morgan fingerprint density at radius 1 is 0.946 bits per heavy atom. The van der Waals surface area contributed by atoms with Crippen LogP contribution >= 0.6 is 11.6 Å². The van der Waals surface area contributed by atoms with Gasteiger partial charge in [-0.15, -0.1) is 10.2 Å². The molecule has 1 aromatic heterocycles. The number of hydrogen-bond acceptors (Lipinski definition) is 5. The van der Waals surface area contributed by atoms with Crippen molar-refractivity contribution in [2.24, 2.45) is 5.92 Å². The quantitative estimate of drug-likeness (QED) is 0.457. The van der Waals surface area contributed by atoms with Gasteiger partial charge in [-0.1, -0.05) is 41.9 Å². The van der Waals surface area contributed by atoms with Crippen LogP contribution in [0.4, 0.5) is 10.2 Å². The number of hydrogen-bond donors (Lipinski definition) is 0. The maximum Gasteiger partial charge on any atom is 0.257 e. The van der Waals surface area contributed by atoms with Gasteiger partial charge in [-0.25, -0.2) is 4.39 Å². The maximum atomic E-state index is 14.3. The lowest BCUT2D eigenvalue weighted by Gasteiger charge is -2.27. The second-order valence-corrected chi connectivity index (χ2v) is 9.99. The molecule has 2 aromatic carbocycles. The van der Waals surface area contributed by atoms with Crippen molar-refractivity contribution in [3.63, 3.8) is 0 Å². The Kier molecular flexibility index (Phi) is 7.65. The standard InChI is InChI=1S/C28H29ClFN5O2/c29-23-8-3-1-6-21(23)25-12-13-26(32-31-25)33-14-5-15-34(17-16-33)27(36)19-35(18-20-10-11-20)28(37)22-7-2-4-9-24(22)30/h1-4,6-9,12-13,20H,5,10-11,14-19H2. The van der Waals surface area contributed by atoms with Crippen LogP contribution in [0.25, 0.3) is 11.3 Å². The molecule has 3 aromatic rings. The van der Waals surface area contributed by atoms with E-state index in [4.69, 9.17) is 11.6 Å². The molecule has 0 N–H and O–H groups in total. The molecule has 9 heteroatoms. The van der Waals surface area contributed by atoms with E-state index in [1.54, 1.807) is 17.0 Å². The van der Waals surface area contributed by atoms with Gasteiger partial charge in [-0.2, -0.15) is 0 Å². The van der Waals surface area contributed by atoms with Gasteiger partial charge in [0, 0.05) is 38.3 Å². The number of benzene rings is 2. The zero-order valence-corrected chi connectivity index (χ0v) is 21.3. The molecule has 1 saturated heterocycles. The normalized spacial score (nSPS) is 15.8. The average Bonchev–Trinajstić information content (AvgIpc) is 3.75. The minimum absolute atomic E-state index is 0.0109. The van der Waals surface area contributed by atoms with Crippen molar-refractivity contribution in [1.82, 2.24) is 20.0 Å². The maximum absolute atomic E-state index is 14.3. The van der Waals surface area contributed by atoms with Gasteiger partial charge in [-0.3, -0.25) is 9.59 Å². The van der Waals surface area contributed by atoms with E-state index in [9.17, 15) is 14.0 Å². The monoisotopic (exact) mass is 521 g/mol. The molecule has 5 rings (SSSR count). The van der Waals surface area contributed by atoms with Crippen LogP contribution in [0.15, 0.2) is 60.7 Å². The number of rotatable bonds is 7. The summed E-state index contributed by atoms with van der Waals surface area (Å²) in [6, 6.07) is 17.3. The first kappa shape index (κ1) is 25.1. The molecule has 0 spiro atoms. The van der Waals surface area contributed by atoms with Crippen molar-refractivity contribution in [2.45, 2.75) is 19.3 Å². The lowest BCUT2D eigenvalue weighted by atomic mass is 10.1. The Morgan fingerprint density at radius 2 is 1.73 bits per heavy atom. The van der Waals surface area contributed by atoms with E-state index in [0.717, 1.165) is 37.2 Å². The van der Waals surface area contributed by atoms with Crippen molar-refractivity contribution < 1.29 is 14.0 Å². The van der Waals surface area contributed by atoms with Gasteiger partial charge < -0.3 is 14.7 Å². The van der Waals surface area contributed by atoms with Crippen LogP contribution < -0.4 is 4.90 Å². The minimum Gasteiger partial charge on any atom is -0.353 e. The molecule has 37 heavy (non-hydrogen) atoms. The van der Waals surface area contributed by atoms with Crippen LogP contribution in [0.2, 0.25) is 5.02 Å². The van der Waals surface area contributed by atoms with Gasteiger partial charge >= 0.3 is 0 Å². The molecule has 2 aliphatic rings. The molecular weight excluding hydrogens is 493 g/mol. The molecule has 0 bridgehead atoms. The Labute approximate surface area is 220 Å². The molecule has 1 saturated carbocycles. The van der Waals surface area contributed by atoms with Crippen molar-refractivity contribution in [3.05, 3.63) is 77.1 Å². The zero-order valence-electron chi connectivity index (χ0n) is 20.5. The van der Waals surface area contributed by atoms with E-state index in [1.807, 2.05) is 36.4 Å². The number of halogens is 2. The largest absolute Gasteiger partial charge is 0.353 e. The third kappa shape index (κ3) is 6.07. The summed E-state index contributed by atoms with van der Waals surface area (Å²) in [5, 5.41) is 9.40. The first-order valence-corrected chi connectivity index (χ1v) is 13.0. The highest BCUT2D eigenvalue weighted by Gasteiger charge is 2.31.